The lowest BCUT2D eigenvalue weighted by Crippen LogP contribution is -1.99. The van der Waals surface area contributed by atoms with Gasteiger partial charge in [-0.25, -0.2) is 4.79 Å². The van der Waals surface area contributed by atoms with Crippen molar-refractivity contribution in [3.8, 4) is 0 Å². The summed E-state index contributed by atoms with van der Waals surface area (Å²) in [6.07, 6.45) is 3.11. The van der Waals surface area contributed by atoms with Gasteiger partial charge in [0.25, 0.3) is 5.95 Å². The van der Waals surface area contributed by atoms with Crippen LogP contribution in [0.2, 0.25) is 0 Å². The Morgan fingerprint density at radius 2 is 1.96 bits per heavy atom. The number of aromatic nitrogens is 4. The van der Waals surface area contributed by atoms with E-state index in [4.69, 9.17) is 5.11 Å². The van der Waals surface area contributed by atoms with Crippen molar-refractivity contribution in [3.05, 3.63) is 66.1 Å². The maximum absolute atomic E-state index is 11.1. The Balaban J connectivity index is 1.71. The lowest BCUT2D eigenvalue weighted by molar-refractivity contribution is 0.0697. The molecular formula is C19H15N7O2. The summed E-state index contributed by atoms with van der Waals surface area (Å²) in [6, 6.07) is 12.4. The molecule has 0 saturated heterocycles. The largest absolute Gasteiger partial charge is 0.478 e. The van der Waals surface area contributed by atoms with Crippen molar-refractivity contribution in [1.82, 2.24) is 20.2 Å². The van der Waals surface area contributed by atoms with Crippen LogP contribution in [0.4, 0.5) is 23.0 Å². The van der Waals surface area contributed by atoms with Crippen molar-refractivity contribution in [2.75, 3.05) is 5.32 Å². The Morgan fingerprint density at radius 3 is 2.71 bits per heavy atom. The van der Waals surface area contributed by atoms with E-state index in [1.54, 1.807) is 30.5 Å². The molecule has 3 N–H and O–H groups in total. The first-order valence-electron chi connectivity index (χ1n) is 8.38. The maximum atomic E-state index is 11.1. The molecule has 9 heteroatoms. The molecule has 2 aromatic heterocycles. The summed E-state index contributed by atoms with van der Waals surface area (Å²) in [4.78, 5) is 19.5. The van der Waals surface area contributed by atoms with E-state index in [1.807, 2.05) is 25.1 Å². The van der Waals surface area contributed by atoms with Crippen LogP contribution in [0.1, 0.15) is 15.9 Å². The van der Waals surface area contributed by atoms with E-state index < -0.39 is 5.97 Å². The van der Waals surface area contributed by atoms with E-state index in [2.05, 4.69) is 35.7 Å². The fourth-order valence-corrected chi connectivity index (χ4v) is 2.78. The number of aryl methyl sites for hydroxylation is 1. The second-order valence-corrected chi connectivity index (χ2v) is 5.99. The first-order valence-corrected chi connectivity index (χ1v) is 8.38. The Labute approximate surface area is 159 Å². The smallest absolute Gasteiger partial charge is 0.335 e. The summed E-state index contributed by atoms with van der Waals surface area (Å²) in [6.45, 7) is 1.86. The van der Waals surface area contributed by atoms with E-state index in [0.717, 1.165) is 22.3 Å². The maximum Gasteiger partial charge on any atom is 0.335 e. The van der Waals surface area contributed by atoms with E-state index in [-0.39, 0.29) is 11.5 Å². The number of fused-ring (bicyclic) bond motifs is 1. The van der Waals surface area contributed by atoms with Crippen LogP contribution in [0.15, 0.2) is 65.2 Å². The summed E-state index contributed by atoms with van der Waals surface area (Å²) >= 11 is 0. The van der Waals surface area contributed by atoms with Gasteiger partial charge in [0.05, 0.1) is 11.1 Å². The molecule has 0 aliphatic carbocycles. The molecule has 9 nitrogen and oxygen atoms in total. The van der Waals surface area contributed by atoms with Gasteiger partial charge < -0.3 is 10.4 Å². The van der Waals surface area contributed by atoms with Crippen molar-refractivity contribution in [1.29, 1.82) is 0 Å². The monoisotopic (exact) mass is 373 g/mol. The van der Waals surface area contributed by atoms with E-state index >= 15 is 0 Å². The number of azo groups is 1. The van der Waals surface area contributed by atoms with Crippen molar-refractivity contribution < 1.29 is 9.90 Å². The van der Waals surface area contributed by atoms with Gasteiger partial charge in [-0.3, -0.25) is 10.1 Å². The van der Waals surface area contributed by atoms with Crippen LogP contribution in [0.5, 0.6) is 0 Å². The SMILES string of the molecule is Cc1cc(C(=O)O)ccc1Nc1ccc(/N=N/c2nc[nH]n2)c2ncccc12. The van der Waals surface area contributed by atoms with Gasteiger partial charge in [0.2, 0.25) is 0 Å². The van der Waals surface area contributed by atoms with Crippen LogP contribution in [0.25, 0.3) is 10.9 Å². The first kappa shape index (κ1) is 17.3. The second-order valence-electron chi connectivity index (χ2n) is 5.99. The molecule has 0 atom stereocenters. The Bertz CT molecular complexity index is 1190. The number of hydrogen-bond donors (Lipinski definition) is 3. The zero-order valence-electron chi connectivity index (χ0n) is 14.8. The minimum atomic E-state index is -0.953. The summed E-state index contributed by atoms with van der Waals surface area (Å²) < 4.78 is 0. The standard InChI is InChI=1S/C19H15N7O2/c1-11-9-12(18(27)28)4-5-14(11)23-15-6-7-16(17-13(15)3-2-8-20-17)24-26-19-21-10-22-25-19/h2-10,23H,1H3,(H,27,28)(H,21,22,25)/b26-24+. The molecule has 28 heavy (non-hydrogen) atoms. The van der Waals surface area contributed by atoms with E-state index in [0.29, 0.717) is 11.2 Å². The molecular weight excluding hydrogens is 358 g/mol. The highest BCUT2D eigenvalue weighted by molar-refractivity contribution is 5.99. The minimum absolute atomic E-state index is 0.237. The molecule has 0 fully saturated rings. The van der Waals surface area contributed by atoms with Crippen LogP contribution >= 0.6 is 0 Å². The summed E-state index contributed by atoms with van der Waals surface area (Å²) in [7, 11) is 0. The van der Waals surface area contributed by atoms with Crippen LogP contribution in [0, 0.1) is 6.92 Å². The normalized spacial score (nSPS) is 11.2. The number of H-pyrrole nitrogens is 1. The molecule has 0 aliphatic heterocycles. The number of carboxylic acids is 1. The number of carbonyl (C=O) groups is 1. The zero-order valence-corrected chi connectivity index (χ0v) is 14.8. The van der Waals surface area contributed by atoms with Gasteiger partial charge in [-0.15, -0.1) is 15.3 Å². The summed E-state index contributed by atoms with van der Waals surface area (Å²) in [5, 5.41) is 27.9. The fourth-order valence-electron chi connectivity index (χ4n) is 2.78. The lowest BCUT2D eigenvalue weighted by atomic mass is 10.1. The van der Waals surface area contributed by atoms with Crippen LogP contribution in [-0.2, 0) is 0 Å². The number of hydrogen-bond acceptors (Lipinski definition) is 7. The van der Waals surface area contributed by atoms with Crippen molar-refractivity contribution in [2.24, 2.45) is 10.2 Å². The van der Waals surface area contributed by atoms with Gasteiger partial charge >= 0.3 is 5.97 Å². The predicted molar refractivity (Wildman–Crippen MR) is 104 cm³/mol. The van der Waals surface area contributed by atoms with Crippen molar-refractivity contribution in [3.63, 3.8) is 0 Å². The molecule has 138 valence electrons. The predicted octanol–water partition coefficient (Wildman–Crippen LogP) is 4.52. The molecule has 0 radical (unpaired) electrons. The highest BCUT2D eigenvalue weighted by Gasteiger charge is 2.10. The van der Waals surface area contributed by atoms with Gasteiger partial charge in [0.1, 0.15) is 12.0 Å². The molecule has 0 bridgehead atoms. The molecule has 0 saturated carbocycles. The average molecular weight is 373 g/mol. The molecule has 4 aromatic rings. The molecule has 4 rings (SSSR count). The number of anilines is 2. The third-order valence-electron chi connectivity index (χ3n) is 4.14. The molecule has 2 aromatic carbocycles. The highest BCUT2D eigenvalue weighted by Crippen LogP contribution is 2.33. The van der Waals surface area contributed by atoms with Gasteiger partial charge in [0.15, 0.2) is 0 Å². The van der Waals surface area contributed by atoms with Crippen molar-refractivity contribution in [2.45, 2.75) is 6.92 Å². The fraction of sp³-hybridized carbons (Fsp3) is 0.0526. The molecule has 0 aliphatic rings. The van der Waals surface area contributed by atoms with Gasteiger partial charge in [-0.05, 0) is 55.0 Å². The number of benzene rings is 2. The van der Waals surface area contributed by atoms with Crippen LogP contribution in [-0.4, -0.2) is 31.2 Å². The molecule has 0 spiro atoms. The third-order valence-corrected chi connectivity index (χ3v) is 4.14. The number of aromatic carboxylic acids is 1. The third kappa shape index (κ3) is 3.40. The number of pyridine rings is 1. The summed E-state index contributed by atoms with van der Waals surface area (Å²) in [5.74, 6) is -0.717. The lowest BCUT2D eigenvalue weighted by Gasteiger charge is -2.13. The first-order chi connectivity index (χ1) is 13.6. The van der Waals surface area contributed by atoms with Crippen LogP contribution < -0.4 is 5.32 Å². The van der Waals surface area contributed by atoms with Gasteiger partial charge in [-0.1, -0.05) is 0 Å². The molecule has 0 amide bonds. The zero-order chi connectivity index (χ0) is 19.5. The number of nitrogens with one attached hydrogen (secondary N) is 2. The van der Waals surface area contributed by atoms with Crippen molar-refractivity contribution >= 4 is 39.9 Å². The molecule has 0 unspecified atom stereocenters. The average Bonchev–Trinajstić information content (AvgIpc) is 3.22. The quantitative estimate of drug-likeness (QED) is 0.441. The summed E-state index contributed by atoms with van der Waals surface area (Å²) in [5.41, 5.74) is 3.97. The molecule has 2 heterocycles. The Kier molecular flexibility index (Phi) is 4.47. The number of carboxylic acid groups (broad SMARTS) is 1. The van der Waals surface area contributed by atoms with Gasteiger partial charge in [0, 0.05) is 23.0 Å². The Hall–Kier alpha value is -4.14. The Morgan fingerprint density at radius 1 is 1.11 bits per heavy atom. The van der Waals surface area contributed by atoms with E-state index in [9.17, 15) is 4.79 Å². The number of rotatable bonds is 5. The van der Waals surface area contributed by atoms with Gasteiger partial charge in [-0.2, -0.15) is 4.98 Å². The van der Waals surface area contributed by atoms with E-state index in [1.165, 1.54) is 6.33 Å². The highest BCUT2D eigenvalue weighted by atomic mass is 16.4. The topological polar surface area (TPSA) is 129 Å². The number of aromatic amines is 1. The number of nitrogens with zero attached hydrogens (tertiary/aromatic N) is 5. The van der Waals surface area contributed by atoms with Crippen LogP contribution in [0.3, 0.4) is 0 Å². The second kappa shape index (κ2) is 7.23. The minimum Gasteiger partial charge on any atom is -0.478 e.